The largest absolute Gasteiger partial charge is 0.377 e. The number of Topliss-reactive ketones (excluding diaryl/α,β-unsaturated/α-hetero) is 1. The lowest BCUT2D eigenvalue weighted by atomic mass is 10.1. The average Bonchev–Trinajstić information content (AvgIpc) is 2.81. The second-order valence-corrected chi connectivity index (χ2v) is 4.19. The maximum Gasteiger partial charge on any atom is 0.129 e. The van der Waals surface area contributed by atoms with E-state index in [1.165, 1.54) is 0 Å². The molecule has 0 atom stereocenters. The molecule has 0 aliphatic carbocycles. The Kier molecular flexibility index (Phi) is 7.95. The molecule has 7 nitrogen and oxygen atoms in total. The zero-order valence-corrected chi connectivity index (χ0v) is 11.6. The predicted octanol–water partition coefficient (Wildman–Crippen LogP) is 0.357. The Morgan fingerprint density at radius 1 is 1.42 bits per heavy atom. The first-order valence-corrected chi connectivity index (χ1v) is 6.47. The summed E-state index contributed by atoms with van der Waals surface area (Å²) < 4.78 is 7.12. The number of aromatic nitrogens is 3. The second-order valence-electron chi connectivity index (χ2n) is 4.19. The minimum absolute atomic E-state index is 0.213. The van der Waals surface area contributed by atoms with Crippen LogP contribution in [-0.4, -0.2) is 47.6 Å². The Balaban J connectivity index is 2.11. The van der Waals surface area contributed by atoms with Gasteiger partial charge in [0.25, 0.3) is 0 Å². The van der Waals surface area contributed by atoms with E-state index in [-0.39, 0.29) is 5.78 Å². The molecule has 1 heterocycles. The van der Waals surface area contributed by atoms with Gasteiger partial charge in [-0.15, -0.1) is 5.10 Å². The third-order valence-electron chi connectivity index (χ3n) is 2.49. The van der Waals surface area contributed by atoms with Crippen LogP contribution in [-0.2, 0) is 27.3 Å². The summed E-state index contributed by atoms with van der Waals surface area (Å²) in [5, 5.41) is 8.06. The molecule has 1 N–H and O–H groups in total. The zero-order chi connectivity index (χ0) is 13.9. The predicted molar refractivity (Wildman–Crippen MR) is 69.5 cm³/mol. The van der Waals surface area contributed by atoms with E-state index >= 15 is 0 Å². The summed E-state index contributed by atoms with van der Waals surface area (Å²) in [7, 11) is 1.71. The van der Waals surface area contributed by atoms with E-state index in [1.807, 2.05) is 6.20 Å². The molecular weight excluding hydrogens is 248 g/mol. The zero-order valence-electron chi connectivity index (χ0n) is 11.6. The molecule has 0 bridgehead atoms. The van der Waals surface area contributed by atoms with Crippen LogP contribution < -0.4 is 5.48 Å². The number of nitrogens with zero attached hydrogens (tertiary/aromatic N) is 3. The van der Waals surface area contributed by atoms with Crippen LogP contribution in [0.5, 0.6) is 0 Å². The van der Waals surface area contributed by atoms with E-state index in [0.717, 1.165) is 18.5 Å². The van der Waals surface area contributed by atoms with E-state index in [0.29, 0.717) is 32.8 Å². The fourth-order valence-corrected chi connectivity index (χ4v) is 1.54. The highest BCUT2D eigenvalue weighted by Crippen LogP contribution is 2.01. The van der Waals surface area contributed by atoms with Crippen molar-refractivity contribution in [3.63, 3.8) is 0 Å². The van der Waals surface area contributed by atoms with Crippen LogP contribution >= 0.6 is 0 Å². The number of aryl methyl sites for hydroxylation is 1. The van der Waals surface area contributed by atoms with Crippen LogP contribution in [0, 0.1) is 0 Å². The van der Waals surface area contributed by atoms with E-state index < -0.39 is 0 Å². The number of ketones is 1. The first-order valence-electron chi connectivity index (χ1n) is 6.47. The van der Waals surface area contributed by atoms with Crippen LogP contribution in [0.1, 0.15) is 25.5 Å². The van der Waals surface area contributed by atoms with Crippen molar-refractivity contribution in [2.45, 2.75) is 32.7 Å². The van der Waals surface area contributed by atoms with Gasteiger partial charge in [-0.25, -0.2) is 10.2 Å². The van der Waals surface area contributed by atoms with Crippen molar-refractivity contribution in [1.82, 2.24) is 20.5 Å². The van der Waals surface area contributed by atoms with Crippen molar-refractivity contribution in [3.05, 3.63) is 11.9 Å². The molecule has 0 aromatic carbocycles. The molecule has 108 valence electrons. The molecule has 0 amide bonds. The Labute approximate surface area is 113 Å². The summed E-state index contributed by atoms with van der Waals surface area (Å²) >= 11 is 0. The molecule has 19 heavy (non-hydrogen) atoms. The second kappa shape index (κ2) is 9.60. The van der Waals surface area contributed by atoms with Crippen molar-refractivity contribution in [1.29, 1.82) is 0 Å². The van der Waals surface area contributed by atoms with Gasteiger partial charge >= 0.3 is 0 Å². The number of hydroxylamine groups is 1. The standard InChI is InChI=1S/C12H22N4O3/c1-11(17)4-3-5-12-10-16(15-14-12)6-7-18-8-9-19-13-2/h10,13H,3-9H2,1-2H3. The molecule has 1 rings (SSSR count). The van der Waals surface area contributed by atoms with Gasteiger partial charge in [-0.05, 0) is 19.8 Å². The minimum Gasteiger partial charge on any atom is -0.377 e. The summed E-state index contributed by atoms with van der Waals surface area (Å²) in [6.07, 6.45) is 4.11. The Bertz CT molecular complexity index is 368. The monoisotopic (exact) mass is 270 g/mol. The number of carbonyl (C=O) groups excluding carboxylic acids is 1. The highest BCUT2D eigenvalue weighted by atomic mass is 16.7. The van der Waals surface area contributed by atoms with Crippen molar-refractivity contribution >= 4 is 5.78 Å². The van der Waals surface area contributed by atoms with E-state index in [1.54, 1.807) is 18.7 Å². The molecule has 1 aromatic rings. The Morgan fingerprint density at radius 2 is 2.26 bits per heavy atom. The smallest absolute Gasteiger partial charge is 0.129 e. The molecule has 1 aromatic heterocycles. The fourth-order valence-electron chi connectivity index (χ4n) is 1.54. The molecule has 0 saturated carbocycles. The van der Waals surface area contributed by atoms with E-state index in [9.17, 15) is 4.79 Å². The quantitative estimate of drug-likeness (QED) is 0.462. The van der Waals surface area contributed by atoms with Gasteiger partial charge in [0.05, 0.1) is 32.1 Å². The number of carbonyl (C=O) groups is 1. The lowest BCUT2D eigenvalue weighted by Crippen LogP contribution is -2.14. The number of rotatable bonds is 11. The lowest BCUT2D eigenvalue weighted by molar-refractivity contribution is -0.117. The number of hydrogen-bond acceptors (Lipinski definition) is 6. The van der Waals surface area contributed by atoms with Crippen LogP contribution in [0.2, 0.25) is 0 Å². The topological polar surface area (TPSA) is 78.3 Å². The van der Waals surface area contributed by atoms with Gasteiger partial charge in [-0.3, -0.25) is 4.84 Å². The van der Waals surface area contributed by atoms with E-state index in [2.05, 4.69) is 15.8 Å². The molecule has 0 spiro atoms. The first-order chi connectivity index (χ1) is 9.22. The van der Waals surface area contributed by atoms with Crippen molar-refractivity contribution in [2.75, 3.05) is 26.9 Å². The molecule has 0 saturated heterocycles. The van der Waals surface area contributed by atoms with Gasteiger partial charge in [-0.1, -0.05) is 5.21 Å². The van der Waals surface area contributed by atoms with Gasteiger partial charge < -0.3 is 9.53 Å². The summed E-state index contributed by atoms with van der Waals surface area (Å²) in [6.45, 7) is 3.90. The molecule has 7 heteroatoms. The summed E-state index contributed by atoms with van der Waals surface area (Å²) in [4.78, 5) is 15.7. The van der Waals surface area contributed by atoms with Gasteiger partial charge in [-0.2, -0.15) is 0 Å². The number of nitrogens with one attached hydrogen (secondary N) is 1. The van der Waals surface area contributed by atoms with Crippen molar-refractivity contribution in [2.24, 2.45) is 0 Å². The Hall–Kier alpha value is -1.31. The summed E-state index contributed by atoms with van der Waals surface area (Å²) in [6, 6.07) is 0. The van der Waals surface area contributed by atoms with Crippen LogP contribution in [0.15, 0.2) is 6.20 Å². The van der Waals surface area contributed by atoms with Gasteiger partial charge in [0.2, 0.25) is 0 Å². The molecule has 0 fully saturated rings. The van der Waals surface area contributed by atoms with Crippen LogP contribution in [0.4, 0.5) is 0 Å². The third-order valence-corrected chi connectivity index (χ3v) is 2.49. The normalized spacial score (nSPS) is 10.8. The molecular formula is C12H22N4O3. The van der Waals surface area contributed by atoms with Crippen LogP contribution in [0.25, 0.3) is 0 Å². The molecule has 0 aliphatic heterocycles. The number of hydrogen-bond donors (Lipinski definition) is 1. The maximum absolute atomic E-state index is 10.8. The molecule has 0 aliphatic rings. The molecule has 0 radical (unpaired) electrons. The molecule has 0 unspecified atom stereocenters. The van der Waals surface area contributed by atoms with Crippen molar-refractivity contribution < 1.29 is 14.4 Å². The van der Waals surface area contributed by atoms with Gasteiger partial charge in [0, 0.05) is 19.7 Å². The average molecular weight is 270 g/mol. The number of ether oxygens (including phenoxy) is 1. The summed E-state index contributed by atoms with van der Waals surface area (Å²) in [5.41, 5.74) is 3.49. The highest BCUT2D eigenvalue weighted by Gasteiger charge is 2.02. The lowest BCUT2D eigenvalue weighted by Gasteiger charge is -2.03. The van der Waals surface area contributed by atoms with E-state index in [4.69, 9.17) is 9.57 Å². The Morgan fingerprint density at radius 3 is 3.00 bits per heavy atom. The fraction of sp³-hybridized carbons (Fsp3) is 0.750. The van der Waals surface area contributed by atoms with Gasteiger partial charge in [0.1, 0.15) is 5.78 Å². The highest BCUT2D eigenvalue weighted by molar-refractivity contribution is 5.75. The first kappa shape index (κ1) is 15.7. The van der Waals surface area contributed by atoms with Crippen molar-refractivity contribution in [3.8, 4) is 0 Å². The SMILES string of the molecule is CNOCCOCCn1cc(CCCC(C)=O)nn1. The van der Waals surface area contributed by atoms with Crippen LogP contribution in [0.3, 0.4) is 0 Å². The minimum atomic E-state index is 0.213. The third kappa shape index (κ3) is 7.66. The summed E-state index contributed by atoms with van der Waals surface area (Å²) in [5.74, 6) is 0.213. The van der Waals surface area contributed by atoms with Gasteiger partial charge in [0.15, 0.2) is 0 Å². The maximum atomic E-state index is 10.8.